The Morgan fingerprint density at radius 3 is 2.77 bits per heavy atom. The van der Waals surface area contributed by atoms with E-state index in [9.17, 15) is 9.59 Å². The van der Waals surface area contributed by atoms with Crippen LogP contribution in [0.5, 0.6) is 0 Å². The van der Waals surface area contributed by atoms with Gasteiger partial charge in [0.2, 0.25) is 5.91 Å². The predicted molar refractivity (Wildman–Crippen MR) is 48.7 cm³/mol. The zero-order valence-corrected chi connectivity index (χ0v) is 8.39. The minimum absolute atomic E-state index is 0. The topological polar surface area (TPSA) is 58.6 Å². The molecule has 1 fully saturated rings. The van der Waals surface area contributed by atoms with E-state index < -0.39 is 0 Å². The van der Waals surface area contributed by atoms with E-state index in [0.717, 1.165) is 0 Å². The largest absolute Gasteiger partial charge is 0.468 e. The van der Waals surface area contributed by atoms with Crippen LogP contribution in [0, 0.1) is 0 Å². The van der Waals surface area contributed by atoms with Crippen LogP contribution in [0.15, 0.2) is 0 Å². The van der Waals surface area contributed by atoms with Gasteiger partial charge in [0.15, 0.2) is 0 Å². The Kier molecular flexibility index (Phi) is 4.72. The first-order valence-corrected chi connectivity index (χ1v) is 3.70. The monoisotopic (exact) mass is 208 g/mol. The molecule has 1 N–H and O–H groups in total. The SMILES string of the molecule is COC(=O)[C@@H]1CN(C)C(=O)CN1.Cl. The molecule has 1 saturated heterocycles. The molecule has 0 aromatic rings. The molecule has 1 heterocycles. The fourth-order valence-electron chi connectivity index (χ4n) is 1.09. The van der Waals surface area contributed by atoms with E-state index in [4.69, 9.17) is 0 Å². The Hall–Kier alpha value is -0.810. The van der Waals surface area contributed by atoms with E-state index in [-0.39, 0.29) is 36.9 Å². The minimum Gasteiger partial charge on any atom is -0.468 e. The number of likely N-dealkylation sites (N-methyl/N-ethyl adjacent to an activating group) is 1. The van der Waals surface area contributed by atoms with Crippen LogP contribution in [0.2, 0.25) is 0 Å². The Bertz CT molecular complexity index is 210. The van der Waals surface area contributed by atoms with Crippen molar-refractivity contribution in [2.75, 3.05) is 27.2 Å². The highest BCUT2D eigenvalue weighted by molar-refractivity contribution is 5.85. The summed E-state index contributed by atoms with van der Waals surface area (Å²) in [5, 5.41) is 2.78. The summed E-state index contributed by atoms with van der Waals surface area (Å²) in [6.45, 7) is 0.585. The predicted octanol–water partition coefficient (Wildman–Crippen LogP) is -0.989. The first kappa shape index (κ1) is 12.2. The minimum atomic E-state index is -0.377. The van der Waals surface area contributed by atoms with Gasteiger partial charge in [-0.3, -0.25) is 14.9 Å². The maximum atomic E-state index is 11.0. The van der Waals surface area contributed by atoms with Crippen LogP contribution in [-0.2, 0) is 14.3 Å². The van der Waals surface area contributed by atoms with Gasteiger partial charge in [-0.1, -0.05) is 0 Å². The molecule has 0 aliphatic carbocycles. The molecular formula is C7H13ClN2O3. The number of amides is 1. The molecule has 0 aromatic heterocycles. The van der Waals surface area contributed by atoms with Gasteiger partial charge in [0.1, 0.15) is 6.04 Å². The number of ether oxygens (including phenoxy) is 1. The van der Waals surface area contributed by atoms with Crippen LogP contribution < -0.4 is 5.32 Å². The lowest BCUT2D eigenvalue weighted by Gasteiger charge is -2.28. The van der Waals surface area contributed by atoms with Crippen LogP contribution in [0.3, 0.4) is 0 Å². The van der Waals surface area contributed by atoms with E-state index in [1.54, 1.807) is 7.05 Å². The third-order valence-electron chi connectivity index (χ3n) is 1.87. The summed E-state index contributed by atoms with van der Waals surface area (Å²) in [5.41, 5.74) is 0. The number of halogens is 1. The Labute approximate surface area is 82.8 Å². The molecule has 0 bridgehead atoms. The molecule has 13 heavy (non-hydrogen) atoms. The highest BCUT2D eigenvalue weighted by atomic mass is 35.5. The van der Waals surface area contributed by atoms with E-state index >= 15 is 0 Å². The molecule has 0 radical (unpaired) electrons. The molecule has 0 spiro atoms. The van der Waals surface area contributed by atoms with Crippen molar-refractivity contribution in [2.45, 2.75) is 6.04 Å². The van der Waals surface area contributed by atoms with E-state index in [2.05, 4.69) is 10.1 Å². The molecule has 0 unspecified atom stereocenters. The fraction of sp³-hybridized carbons (Fsp3) is 0.714. The number of esters is 1. The molecule has 76 valence electrons. The lowest BCUT2D eigenvalue weighted by Crippen LogP contribution is -2.55. The zero-order chi connectivity index (χ0) is 9.14. The quantitative estimate of drug-likeness (QED) is 0.563. The van der Waals surface area contributed by atoms with Gasteiger partial charge in [-0.15, -0.1) is 12.4 Å². The normalized spacial score (nSPS) is 22.2. The summed E-state index contributed by atoms with van der Waals surface area (Å²) < 4.78 is 4.53. The molecule has 1 amide bonds. The van der Waals surface area contributed by atoms with Gasteiger partial charge < -0.3 is 9.64 Å². The standard InChI is InChI=1S/C7H12N2O3.ClH/c1-9-4-5(7(11)12-2)8-3-6(9)10;/h5,8H,3-4H2,1-2H3;1H/t5-;/m0./s1. The van der Waals surface area contributed by atoms with Crippen molar-refractivity contribution >= 4 is 24.3 Å². The van der Waals surface area contributed by atoms with Crippen molar-refractivity contribution in [3.05, 3.63) is 0 Å². The van der Waals surface area contributed by atoms with Crippen molar-refractivity contribution in [1.82, 2.24) is 10.2 Å². The summed E-state index contributed by atoms with van der Waals surface area (Å²) in [6, 6.07) is -0.377. The first-order valence-electron chi connectivity index (χ1n) is 3.70. The maximum absolute atomic E-state index is 11.0. The van der Waals surface area contributed by atoms with Crippen molar-refractivity contribution in [2.24, 2.45) is 0 Å². The second-order valence-corrected chi connectivity index (χ2v) is 2.73. The summed E-state index contributed by atoms with van der Waals surface area (Å²) >= 11 is 0. The van der Waals surface area contributed by atoms with Gasteiger partial charge in [0, 0.05) is 13.6 Å². The number of hydrogen-bond donors (Lipinski definition) is 1. The smallest absolute Gasteiger partial charge is 0.324 e. The fourth-order valence-corrected chi connectivity index (χ4v) is 1.09. The second kappa shape index (κ2) is 5.04. The van der Waals surface area contributed by atoms with Gasteiger partial charge in [-0.2, -0.15) is 0 Å². The lowest BCUT2D eigenvalue weighted by molar-refractivity contribution is -0.146. The highest BCUT2D eigenvalue weighted by Gasteiger charge is 2.27. The summed E-state index contributed by atoms with van der Waals surface area (Å²) in [5.74, 6) is -0.329. The average Bonchev–Trinajstić information content (AvgIpc) is 2.08. The average molecular weight is 209 g/mol. The van der Waals surface area contributed by atoms with Gasteiger partial charge in [-0.05, 0) is 0 Å². The van der Waals surface area contributed by atoms with Gasteiger partial charge >= 0.3 is 5.97 Å². The molecule has 6 heteroatoms. The second-order valence-electron chi connectivity index (χ2n) is 2.73. The number of hydrogen-bond acceptors (Lipinski definition) is 4. The number of carbonyl (C=O) groups is 2. The number of piperazine rings is 1. The van der Waals surface area contributed by atoms with Crippen molar-refractivity contribution in [1.29, 1.82) is 0 Å². The molecule has 1 atom stereocenters. The molecule has 0 aromatic carbocycles. The Balaban J connectivity index is 0.00000144. The summed E-state index contributed by atoms with van der Waals surface area (Å²) in [4.78, 5) is 23.5. The third kappa shape index (κ3) is 2.86. The van der Waals surface area contributed by atoms with E-state index in [1.807, 2.05) is 0 Å². The zero-order valence-electron chi connectivity index (χ0n) is 7.57. The summed E-state index contributed by atoms with van der Waals surface area (Å²) in [7, 11) is 3.00. The Morgan fingerprint density at radius 1 is 1.69 bits per heavy atom. The third-order valence-corrected chi connectivity index (χ3v) is 1.87. The summed E-state index contributed by atoms with van der Waals surface area (Å²) in [6.07, 6.45) is 0. The van der Waals surface area contributed by atoms with Crippen molar-refractivity contribution < 1.29 is 14.3 Å². The number of rotatable bonds is 1. The number of carbonyl (C=O) groups excluding carboxylic acids is 2. The molecule has 1 rings (SSSR count). The highest BCUT2D eigenvalue weighted by Crippen LogP contribution is 1.98. The van der Waals surface area contributed by atoms with E-state index in [1.165, 1.54) is 12.0 Å². The van der Waals surface area contributed by atoms with Gasteiger partial charge in [0.05, 0.1) is 13.7 Å². The maximum Gasteiger partial charge on any atom is 0.324 e. The first-order chi connectivity index (χ1) is 5.65. The van der Waals surface area contributed by atoms with E-state index in [0.29, 0.717) is 6.54 Å². The van der Waals surface area contributed by atoms with Gasteiger partial charge in [-0.25, -0.2) is 0 Å². The lowest BCUT2D eigenvalue weighted by atomic mass is 10.2. The van der Waals surface area contributed by atoms with Crippen molar-refractivity contribution in [3.63, 3.8) is 0 Å². The molecule has 0 saturated carbocycles. The van der Waals surface area contributed by atoms with Crippen LogP contribution in [-0.4, -0.2) is 50.1 Å². The van der Waals surface area contributed by atoms with Crippen LogP contribution in [0.1, 0.15) is 0 Å². The molecular weight excluding hydrogens is 196 g/mol. The van der Waals surface area contributed by atoms with Crippen LogP contribution >= 0.6 is 12.4 Å². The number of methoxy groups -OCH3 is 1. The number of nitrogens with one attached hydrogen (secondary N) is 1. The molecule has 1 aliphatic rings. The van der Waals surface area contributed by atoms with Crippen LogP contribution in [0.4, 0.5) is 0 Å². The molecule has 1 aliphatic heterocycles. The number of nitrogens with zero attached hydrogens (tertiary/aromatic N) is 1. The van der Waals surface area contributed by atoms with Crippen molar-refractivity contribution in [3.8, 4) is 0 Å². The Morgan fingerprint density at radius 2 is 2.31 bits per heavy atom. The molecule has 5 nitrogen and oxygen atoms in total. The van der Waals surface area contributed by atoms with Crippen LogP contribution in [0.25, 0.3) is 0 Å². The van der Waals surface area contributed by atoms with Gasteiger partial charge in [0.25, 0.3) is 0 Å².